The zero-order valence-corrected chi connectivity index (χ0v) is 20.6. The molecule has 38 heavy (non-hydrogen) atoms. The molecule has 4 aromatic heterocycles. The van der Waals surface area contributed by atoms with E-state index in [1.165, 1.54) is 24.2 Å². The largest absolute Gasteiger partial charge is 0.495 e. The molecule has 4 atom stereocenters. The van der Waals surface area contributed by atoms with Crippen LogP contribution in [-0.2, 0) is 16.1 Å². The van der Waals surface area contributed by atoms with Crippen molar-refractivity contribution < 1.29 is 24.5 Å². The van der Waals surface area contributed by atoms with Crippen LogP contribution in [-0.4, -0.2) is 71.0 Å². The number of ether oxygens (including phenoxy) is 2. The smallest absolute Gasteiger partial charge is 0.255 e. The first-order valence-electron chi connectivity index (χ1n) is 11.7. The molecule has 4 aromatic rings. The number of amides is 1. The molecule has 4 N–H and O–H groups in total. The lowest BCUT2D eigenvalue weighted by Crippen LogP contribution is -2.40. The maximum Gasteiger partial charge on any atom is 0.255 e. The molecule has 0 saturated carbocycles. The van der Waals surface area contributed by atoms with Crippen molar-refractivity contribution in [2.75, 3.05) is 12.4 Å². The van der Waals surface area contributed by atoms with Gasteiger partial charge in [-0.15, -0.1) is 0 Å². The molecule has 5 heterocycles. The van der Waals surface area contributed by atoms with Crippen LogP contribution < -0.4 is 15.4 Å². The number of hydrogen-bond donors (Lipinski definition) is 4. The Labute approximate surface area is 217 Å². The SMILES string of the molecule is C=CNC(=O)[C@H]1O[C@@H](n2cnc3c(NCc4cc(C)ccn4)nc(-c4cncc(OC)c4)nc32)[C@H](O)[C@@H]1O. The van der Waals surface area contributed by atoms with Gasteiger partial charge < -0.3 is 30.3 Å². The predicted octanol–water partition coefficient (Wildman–Crippen LogP) is 1.09. The first-order valence-corrected chi connectivity index (χ1v) is 11.7. The van der Waals surface area contributed by atoms with Crippen molar-refractivity contribution in [3.8, 4) is 17.1 Å². The Morgan fingerprint density at radius 2 is 2.08 bits per heavy atom. The van der Waals surface area contributed by atoms with Crippen molar-refractivity contribution in [2.45, 2.75) is 38.0 Å². The van der Waals surface area contributed by atoms with Crippen LogP contribution in [0.2, 0.25) is 0 Å². The van der Waals surface area contributed by atoms with Gasteiger partial charge in [-0.2, -0.15) is 0 Å². The van der Waals surface area contributed by atoms with Gasteiger partial charge in [0.05, 0.1) is 31.9 Å². The number of aromatic nitrogens is 6. The summed E-state index contributed by atoms with van der Waals surface area (Å²) in [4.78, 5) is 34.7. The van der Waals surface area contributed by atoms with Gasteiger partial charge in [0.2, 0.25) is 0 Å². The molecule has 13 nitrogen and oxygen atoms in total. The van der Waals surface area contributed by atoms with E-state index in [0.717, 1.165) is 11.3 Å². The van der Waals surface area contributed by atoms with Crippen LogP contribution in [0, 0.1) is 6.92 Å². The third-order valence-corrected chi connectivity index (χ3v) is 6.05. The fraction of sp³-hybridized carbons (Fsp3) is 0.280. The van der Waals surface area contributed by atoms with Crippen LogP contribution in [0.3, 0.4) is 0 Å². The third-order valence-electron chi connectivity index (χ3n) is 6.05. The lowest BCUT2D eigenvalue weighted by molar-refractivity contribution is -0.136. The number of rotatable bonds is 8. The second-order valence-electron chi connectivity index (χ2n) is 8.65. The monoisotopic (exact) mass is 518 g/mol. The van der Waals surface area contributed by atoms with E-state index in [-0.39, 0.29) is 0 Å². The summed E-state index contributed by atoms with van der Waals surface area (Å²) < 4.78 is 12.5. The van der Waals surface area contributed by atoms with Gasteiger partial charge in [-0.3, -0.25) is 19.3 Å². The Hall–Kier alpha value is -4.46. The molecule has 0 spiro atoms. The van der Waals surface area contributed by atoms with Crippen molar-refractivity contribution in [1.82, 2.24) is 34.8 Å². The zero-order chi connectivity index (χ0) is 26.8. The summed E-state index contributed by atoms with van der Waals surface area (Å²) in [6.07, 6.45) is 2.10. The Morgan fingerprint density at radius 1 is 1.24 bits per heavy atom. The van der Waals surface area contributed by atoms with Crippen molar-refractivity contribution >= 4 is 22.9 Å². The molecule has 0 aromatic carbocycles. The molecule has 1 aliphatic heterocycles. The lowest BCUT2D eigenvalue weighted by atomic mass is 10.1. The molecule has 0 aliphatic carbocycles. The number of fused-ring (bicyclic) bond motifs is 1. The highest BCUT2D eigenvalue weighted by Gasteiger charge is 2.47. The lowest BCUT2D eigenvalue weighted by Gasteiger charge is -2.17. The minimum atomic E-state index is -1.48. The highest BCUT2D eigenvalue weighted by atomic mass is 16.6. The van der Waals surface area contributed by atoms with E-state index in [1.54, 1.807) is 24.7 Å². The normalized spacial score (nSPS) is 20.8. The van der Waals surface area contributed by atoms with E-state index in [2.05, 4.69) is 42.1 Å². The number of anilines is 1. The number of carbonyl (C=O) groups excluding carboxylic acids is 1. The molecule has 1 fully saturated rings. The summed E-state index contributed by atoms with van der Waals surface area (Å²) in [5.41, 5.74) is 3.14. The number of pyridine rings is 2. The van der Waals surface area contributed by atoms with Gasteiger partial charge in [-0.05, 0) is 36.9 Å². The number of nitrogens with one attached hydrogen (secondary N) is 2. The Morgan fingerprint density at radius 3 is 2.84 bits per heavy atom. The molecule has 1 amide bonds. The van der Waals surface area contributed by atoms with Gasteiger partial charge in [0.25, 0.3) is 5.91 Å². The van der Waals surface area contributed by atoms with Gasteiger partial charge in [0.1, 0.15) is 18.0 Å². The Bertz CT molecular complexity index is 1490. The number of aliphatic hydroxyl groups excluding tert-OH is 2. The Kier molecular flexibility index (Phi) is 6.96. The molecule has 0 radical (unpaired) electrons. The first-order chi connectivity index (χ1) is 18.4. The average Bonchev–Trinajstić information content (AvgIpc) is 3.48. The van der Waals surface area contributed by atoms with Gasteiger partial charge >= 0.3 is 0 Å². The summed E-state index contributed by atoms with van der Waals surface area (Å²) in [5, 5.41) is 26.9. The van der Waals surface area contributed by atoms with Gasteiger partial charge in [0.15, 0.2) is 35.1 Å². The molecule has 0 bridgehead atoms. The van der Waals surface area contributed by atoms with E-state index in [0.29, 0.717) is 40.7 Å². The van der Waals surface area contributed by atoms with Gasteiger partial charge in [0, 0.05) is 18.0 Å². The van der Waals surface area contributed by atoms with Crippen molar-refractivity contribution in [2.24, 2.45) is 0 Å². The van der Waals surface area contributed by atoms with Crippen LogP contribution >= 0.6 is 0 Å². The molecular formula is C25H26N8O5. The number of hydrogen-bond acceptors (Lipinski definition) is 11. The van der Waals surface area contributed by atoms with Crippen LogP contribution in [0.25, 0.3) is 22.6 Å². The van der Waals surface area contributed by atoms with E-state index < -0.39 is 30.4 Å². The number of methoxy groups -OCH3 is 1. The summed E-state index contributed by atoms with van der Waals surface area (Å²) in [6, 6.07) is 5.60. The maximum absolute atomic E-state index is 12.3. The van der Waals surface area contributed by atoms with E-state index in [4.69, 9.17) is 9.47 Å². The molecule has 0 unspecified atom stereocenters. The number of aryl methyl sites for hydroxylation is 1. The fourth-order valence-corrected chi connectivity index (χ4v) is 4.17. The molecule has 196 valence electrons. The summed E-state index contributed by atoms with van der Waals surface area (Å²) in [7, 11) is 1.53. The van der Waals surface area contributed by atoms with Crippen LogP contribution in [0.1, 0.15) is 17.5 Å². The van der Waals surface area contributed by atoms with E-state index >= 15 is 0 Å². The average molecular weight is 519 g/mol. The zero-order valence-electron chi connectivity index (χ0n) is 20.6. The summed E-state index contributed by atoms with van der Waals surface area (Å²) in [5.74, 6) is 0.597. The maximum atomic E-state index is 12.3. The standard InChI is InChI=1S/C25H26N8O5/c1-4-27-24(36)20-18(34)19(35)25(38-20)33-12-30-17-22(29-10-15-7-13(2)5-6-28-15)31-21(32-23(17)33)14-8-16(37-3)11-26-9-14/h4-9,11-12,18-20,25,34-35H,1,10H2,2-3H3,(H,27,36)(H,29,31,32)/t18-,19+,20-,25+/m0/s1. The van der Waals surface area contributed by atoms with Crippen molar-refractivity contribution in [3.63, 3.8) is 0 Å². The minimum absolute atomic E-state index is 0.304. The Balaban J connectivity index is 1.57. The summed E-state index contributed by atoms with van der Waals surface area (Å²) in [6.45, 7) is 5.78. The molecule has 13 heteroatoms. The van der Waals surface area contributed by atoms with Crippen molar-refractivity contribution in [1.29, 1.82) is 0 Å². The second-order valence-corrected chi connectivity index (χ2v) is 8.65. The van der Waals surface area contributed by atoms with Crippen LogP contribution in [0.5, 0.6) is 5.75 Å². The quantitative estimate of drug-likeness (QED) is 0.263. The fourth-order valence-electron chi connectivity index (χ4n) is 4.17. The molecule has 1 aliphatic rings. The van der Waals surface area contributed by atoms with Crippen LogP contribution in [0.15, 0.2) is 55.9 Å². The third kappa shape index (κ3) is 4.77. The summed E-state index contributed by atoms with van der Waals surface area (Å²) >= 11 is 0. The van der Waals surface area contributed by atoms with Crippen LogP contribution in [0.4, 0.5) is 5.82 Å². The van der Waals surface area contributed by atoms with E-state index in [9.17, 15) is 15.0 Å². The van der Waals surface area contributed by atoms with E-state index in [1.807, 2.05) is 19.1 Å². The molecule has 5 rings (SSSR count). The number of aliphatic hydroxyl groups is 2. The second kappa shape index (κ2) is 10.5. The van der Waals surface area contributed by atoms with Gasteiger partial charge in [-0.25, -0.2) is 15.0 Å². The first kappa shape index (κ1) is 25.2. The molecule has 1 saturated heterocycles. The number of nitrogens with zero attached hydrogens (tertiary/aromatic N) is 6. The minimum Gasteiger partial charge on any atom is -0.495 e. The number of imidazole rings is 1. The highest BCUT2D eigenvalue weighted by Crippen LogP contribution is 2.34. The topological polar surface area (TPSA) is 169 Å². The predicted molar refractivity (Wildman–Crippen MR) is 136 cm³/mol. The van der Waals surface area contributed by atoms with Gasteiger partial charge in [-0.1, -0.05) is 6.58 Å². The number of carbonyl (C=O) groups is 1. The highest BCUT2D eigenvalue weighted by molar-refractivity contribution is 5.85. The molecular weight excluding hydrogens is 492 g/mol. The van der Waals surface area contributed by atoms with Crippen molar-refractivity contribution in [3.05, 3.63) is 67.2 Å².